The Morgan fingerprint density at radius 1 is 1.00 bits per heavy atom. The lowest BCUT2D eigenvalue weighted by atomic mass is 10.2. The molecule has 1 aliphatic rings. The molecule has 0 radical (unpaired) electrons. The van der Waals surface area contributed by atoms with Crippen molar-refractivity contribution < 1.29 is 14.3 Å². The van der Waals surface area contributed by atoms with Crippen LogP contribution < -0.4 is 10.1 Å². The molecule has 1 aromatic heterocycles. The SMILES string of the molecule is COc1ccc(C)cc1-n1ccc(C(=O)N2CCN(C(=O)Nc3ccc(C)c(Cl)c3)CC2)n1. The van der Waals surface area contributed by atoms with Gasteiger partial charge in [-0.1, -0.05) is 23.7 Å². The van der Waals surface area contributed by atoms with Gasteiger partial charge in [-0.2, -0.15) is 5.10 Å². The molecular formula is C24H26ClN5O3. The quantitative estimate of drug-likeness (QED) is 0.625. The molecule has 9 heteroatoms. The van der Waals surface area contributed by atoms with E-state index in [0.29, 0.717) is 48.3 Å². The summed E-state index contributed by atoms with van der Waals surface area (Å²) in [4.78, 5) is 29.0. The predicted molar refractivity (Wildman–Crippen MR) is 128 cm³/mol. The van der Waals surface area contributed by atoms with Crippen LogP contribution >= 0.6 is 11.6 Å². The molecule has 0 bridgehead atoms. The zero-order valence-corrected chi connectivity index (χ0v) is 19.6. The molecule has 0 atom stereocenters. The minimum Gasteiger partial charge on any atom is -0.494 e. The van der Waals surface area contributed by atoms with Crippen LogP contribution in [0.3, 0.4) is 0 Å². The number of rotatable bonds is 4. The standard InChI is InChI=1S/C24H26ClN5O3/c1-16-4-7-22(33-3)21(14-16)30-9-8-20(27-30)23(31)28-10-12-29(13-11-28)24(32)26-18-6-5-17(2)19(25)15-18/h4-9,14-15H,10-13H2,1-3H3,(H,26,32). The summed E-state index contributed by atoms with van der Waals surface area (Å²) in [6.07, 6.45) is 1.75. The Hall–Kier alpha value is -3.52. The number of aromatic nitrogens is 2. The predicted octanol–water partition coefficient (Wildman–Crippen LogP) is 4.14. The Morgan fingerprint density at radius 3 is 2.42 bits per heavy atom. The van der Waals surface area contributed by atoms with Gasteiger partial charge in [0.05, 0.1) is 7.11 Å². The molecule has 33 heavy (non-hydrogen) atoms. The Labute approximate surface area is 197 Å². The number of benzene rings is 2. The highest BCUT2D eigenvalue weighted by molar-refractivity contribution is 6.31. The van der Waals surface area contributed by atoms with E-state index in [1.165, 1.54) is 0 Å². The molecule has 0 aliphatic carbocycles. The van der Waals surface area contributed by atoms with Crippen LogP contribution in [-0.4, -0.2) is 64.8 Å². The molecule has 3 aromatic rings. The van der Waals surface area contributed by atoms with Crippen LogP contribution in [0.15, 0.2) is 48.7 Å². The number of urea groups is 1. The lowest BCUT2D eigenvalue weighted by Gasteiger charge is -2.34. The number of hydrogen-bond acceptors (Lipinski definition) is 4. The third-order valence-electron chi connectivity index (χ3n) is 5.67. The maximum Gasteiger partial charge on any atom is 0.321 e. The van der Waals surface area contributed by atoms with Gasteiger partial charge in [-0.05, 0) is 55.3 Å². The summed E-state index contributed by atoms with van der Waals surface area (Å²) in [7, 11) is 1.60. The van der Waals surface area contributed by atoms with Crippen molar-refractivity contribution in [1.29, 1.82) is 0 Å². The minimum absolute atomic E-state index is 0.161. The number of methoxy groups -OCH3 is 1. The highest BCUT2D eigenvalue weighted by Gasteiger charge is 2.26. The van der Waals surface area contributed by atoms with Crippen LogP contribution in [-0.2, 0) is 0 Å². The van der Waals surface area contributed by atoms with Gasteiger partial charge in [0.1, 0.15) is 11.4 Å². The van der Waals surface area contributed by atoms with Gasteiger partial charge in [-0.15, -0.1) is 0 Å². The normalized spacial score (nSPS) is 13.7. The molecular weight excluding hydrogens is 442 g/mol. The average molecular weight is 468 g/mol. The Morgan fingerprint density at radius 2 is 1.73 bits per heavy atom. The fourth-order valence-corrected chi connectivity index (χ4v) is 3.88. The van der Waals surface area contributed by atoms with Crippen LogP contribution in [0.2, 0.25) is 5.02 Å². The van der Waals surface area contributed by atoms with E-state index >= 15 is 0 Å². The number of halogens is 1. The summed E-state index contributed by atoms with van der Waals surface area (Å²) in [6, 6.07) is 12.7. The zero-order chi connectivity index (χ0) is 23.5. The van der Waals surface area contributed by atoms with Gasteiger partial charge in [-0.25, -0.2) is 9.48 Å². The first-order chi connectivity index (χ1) is 15.9. The number of aryl methyl sites for hydroxylation is 2. The highest BCUT2D eigenvalue weighted by Crippen LogP contribution is 2.24. The number of amides is 3. The third-order valence-corrected chi connectivity index (χ3v) is 6.07. The van der Waals surface area contributed by atoms with Crippen molar-refractivity contribution in [2.24, 2.45) is 0 Å². The lowest BCUT2D eigenvalue weighted by molar-refractivity contribution is 0.0665. The van der Waals surface area contributed by atoms with Crippen molar-refractivity contribution in [3.05, 3.63) is 70.5 Å². The monoisotopic (exact) mass is 467 g/mol. The average Bonchev–Trinajstić information content (AvgIpc) is 3.31. The number of piperazine rings is 1. The summed E-state index contributed by atoms with van der Waals surface area (Å²) < 4.78 is 7.07. The van der Waals surface area contributed by atoms with E-state index < -0.39 is 0 Å². The van der Waals surface area contributed by atoms with Crippen molar-refractivity contribution in [2.75, 3.05) is 38.6 Å². The van der Waals surface area contributed by atoms with Gasteiger partial charge in [0.15, 0.2) is 5.69 Å². The van der Waals surface area contributed by atoms with Gasteiger partial charge in [0.25, 0.3) is 5.91 Å². The first kappa shape index (κ1) is 22.7. The van der Waals surface area contributed by atoms with Crippen LogP contribution in [0, 0.1) is 13.8 Å². The Balaban J connectivity index is 1.37. The second kappa shape index (κ2) is 9.54. The number of carbonyl (C=O) groups excluding carboxylic acids is 2. The Kier molecular flexibility index (Phi) is 6.55. The number of nitrogens with zero attached hydrogens (tertiary/aromatic N) is 4. The maximum absolute atomic E-state index is 13.0. The number of anilines is 1. The molecule has 8 nitrogen and oxygen atoms in total. The molecule has 1 saturated heterocycles. The number of ether oxygens (including phenoxy) is 1. The van der Waals surface area contributed by atoms with E-state index in [0.717, 1.165) is 16.8 Å². The van der Waals surface area contributed by atoms with Crippen molar-refractivity contribution in [3.8, 4) is 11.4 Å². The largest absolute Gasteiger partial charge is 0.494 e. The Bertz CT molecular complexity index is 1180. The van der Waals surface area contributed by atoms with Crippen LogP contribution in [0.25, 0.3) is 5.69 Å². The molecule has 4 rings (SSSR count). The molecule has 2 heterocycles. The molecule has 0 spiro atoms. The van der Waals surface area contributed by atoms with Gasteiger partial charge in [-0.3, -0.25) is 4.79 Å². The second-order valence-electron chi connectivity index (χ2n) is 7.99. The van der Waals surface area contributed by atoms with Crippen molar-refractivity contribution >= 4 is 29.2 Å². The van der Waals surface area contributed by atoms with Gasteiger partial charge >= 0.3 is 6.03 Å². The third kappa shape index (κ3) is 4.96. The minimum atomic E-state index is -0.210. The van der Waals surface area contributed by atoms with Gasteiger partial charge in [0, 0.05) is 43.1 Å². The fraction of sp³-hybridized carbons (Fsp3) is 0.292. The first-order valence-corrected chi connectivity index (χ1v) is 11.1. The summed E-state index contributed by atoms with van der Waals surface area (Å²) in [6.45, 7) is 5.63. The summed E-state index contributed by atoms with van der Waals surface area (Å²) in [5, 5.41) is 7.94. The van der Waals surface area contributed by atoms with Crippen molar-refractivity contribution in [1.82, 2.24) is 19.6 Å². The molecule has 0 unspecified atom stereocenters. The zero-order valence-electron chi connectivity index (χ0n) is 18.8. The first-order valence-electron chi connectivity index (χ1n) is 10.7. The molecule has 2 aromatic carbocycles. The number of carbonyl (C=O) groups is 2. The summed E-state index contributed by atoms with van der Waals surface area (Å²) in [5.41, 5.74) is 3.78. The van der Waals surface area contributed by atoms with Crippen LogP contribution in [0.5, 0.6) is 5.75 Å². The van der Waals surface area contributed by atoms with E-state index in [2.05, 4.69) is 10.4 Å². The molecule has 172 valence electrons. The molecule has 1 fully saturated rings. The number of nitrogens with one attached hydrogen (secondary N) is 1. The summed E-state index contributed by atoms with van der Waals surface area (Å²) >= 11 is 6.14. The van der Waals surface area contributed by atoms with Crippen LogP contribution in [0.1, 0.15) is 21.6 Å². The van der Waals surface area contributed by atoms with E-state index in [1.807, 2.05) is 44.2 Å². The molecule has 1 N–H and O–H groups in total. The molecule has 1 aliphatic heterocycles. The maximum atomic E-state index is 13.0. The van der Waals surface area contributed by atoms with Gasteiger partial charge < -0.3 is 19.9 Å². The van der Waals surface area contributed by atoms with Crippen molar-refractivity contribution in [3.63, 3.8) is 0 Å². The second-order valence-corrected chi connectivity index (χ2v) is 8.40. The summed E-state index contributed by atoms with van der Waals surface area (Å²) in [5.74, 6) is 0.517. The molecule has 3 amide bonds. The fourth-order valence-electron chi connectivity index (χ4n) is 3.70. The van der Waals surface area contributed by atoms with E-state index in [4.69, 9.17) is 16.3 Å². The smallest absolute Gasteiger partial charge is 0.321 e. The molecule has 0 saturated carbocycles. The van der Waals surface area contributed by atoms with Crippen molar-refractivity contribution in [2.45, 2.75) is 13.8 Å². The van der Waals surface area contributed by atoms with E-state index in [1.54, 1.807) is 39.9 Å². The lowest BCUT2D eigenvalue weighted by Crippen LogP contribution is -2.51. The highest BCUT2D eigenvalue weighted by atomic mass is 35.5. The van der Waals surface area contributed by atoms with Gasteiger partial charge in [0.2, 0.25) is 0 Å². The topological polar surface area (TPSA) is 79.7 Å². The van der Waals surface area contributed by atoms with E-state index in [-0.39, 0.29) is 11.9 Å². The van der Waals surface area contributed by atoms with Crippen LogP contribution in [0.4, 0.5) is 10.5 Å². The van der Waals surface area contributed by atoms with E-state index in [9.17, 15) is 9.59 Å². The number of hydrogen-bond donors (Lipinski definition) is 1.